The second-order valence-corrected chi connectivity index (χ2v) is 5.19. The first-order valence-electron chi connectivity index (χ1n) is 5.84. The van der Waals surface area contributed by atoms with Gasteiger partial charge in [-0.3, -0.25) is 4.79 Å². The van der Waals surface area contributed by atoms with Gasteiger partial charge in [-0.2, -0.15) is 13.2 Å². The van der Waals surface area contributed by atoms with Crippen molar-refractivity contribution in [1.82, 2.24) is 0 Å². The van der Waals surface area contributed by atoms with E-state index < -0.39 is 11.7 Å². The Bertz CT molecular complexity index is 594. The highest BCUT2D eigenvalue weighted by molar-refractivity contribution is 7.98. The van der Waals surface area contributed by atoms with Gasteiger partial charge in [-0.25, -0.2) is 0 Å². The second kappa shape index (κ2) is 6.13. The maximum atomic E-state index is 12.8. The second-order valence-electron chi connectivity index (χ2n) is 4.14. The van der Waals surface area contributed by atoms with E-state index >= 15 is 0 Å². The number of rotatable bonds is 4. The van der Waals surface area contributed by atoms with Gasteiger partial charge in [0.1, 0.15) is 0 Å². The average molecular weight is 296 g/mol. The van der Waals surface area contributed by atoms with Crippen molar-refractivity contribution in [2.45, 2.75) is 16.8 Å². The van der Waals surface area contributed by atoms with Crippen molar-refractivity contribution in [2.24, 2.45) is 0 Å². The van der Waals surface area contributed by atoms with Crippen LogP contribution in [0.1, 0.15) is 21.5 Å². The Kier molecular flexibility index (Phi) is 4.49. The highest BCUT2D eigenvalue weighted by atomic mass is 32.2. The topological polar surface area (TPSA) is 17.1 Å². The molecule has 2 aromatic carbocycles. The van der Waals surface area contributed by atoms with Crippen LogP contribution in [0.15, 0.2) is 53.4 Å². The highest BCUT2D eigenvalue weighted by Gasteiger charge is 2.33. The number of carbonyl (C=O) groups excluding carboxylic acids is 1. The Morgan fingerprint density at radius 1 is 1.05 bits per heavy atom. The van der Waals surface area contributed by atoms with Gasteiger partial charge in [0.25, 0.3) is 0 Å². The van der Waals surface area contributed by atoms with Crippen LogP contribution in [0.25, 0.3) is 0 Å². The fourth-order valence-corrected chi connectivity index (χ4v) is 2.61. The van der Waals surface area contributed by atoms with Crippen LogP contribution < -0.4 is 0 Å². The van der Waals surface area contributed by atoms with Gasteiger partial charge in [0.05, 0.1) is 5.56 Å². The molecule has 0 aliphatic carbocycles. The van der Waals surface area contributed by atoms with E-state index in [1.807, 2.05) is 30.3 Å². The summed E-state index contributed by atoms with van der Waals surface area (Å²) >= 11 is 1.31. The Hall–Kier alpha value is -1.75. The van der Waals surface area contributed by atoms with Gasteiger partial charge in [0.2, 0.25) is 0 Å². The molecule has 0 bridgehead atoms. The SMILES string of the molecule is O=Cc1ccc(SCc2ccccc2)cc1C(F)(F)F. The van der Waals surface area contributed by atoms with E-state index in [2.05, 4.69) is 0 Å². The van der Waals surface area contributed by atoms with E-state index in [4.69, 9.17) is 0 Å². The highest BCUT2D eigenvalue weighted by Crippen LogP contribution is 2.34. The number of halogens is 3. The number of carbonyl (C=O) groups is 1. The standard InChI is InChI=1S/C15H11F3OS/c16-15(17,18)14-8-13(7-6-12(14)9-19)20-10-11-4-2-1-3-5-11/h1-9H,10H2. The first-order chi connectivity index (χ1) is 9.50. The van der Waals surface area contributed by atoms with Crippen LogP contribution in [0.5, 0.6) is 0 Å². The first-order valence-corrected chi connectivity index (χ1v) is 6.82. The smallest absolute Gasteiger partial charge is 0.298 e. The third-order valence-electron chi connectivity index (χ3n) is 2.71. The molecule has 0 heterocycles. The number of thioether (sulfide) groups is 1. The molecule has 0 aliphatic heterocycles. The quantitative estimate of drug-likeness (QED) is 0.595. The lowest BCUT2D eigenvalue weighted by molar-refractivity contribution is -0.138. The Labute approximate surface area is 118 Å². The van der Waals surface area contributed by atoms with E-state index in [9.17, 15) is 18.0 Å². The molecule has 104 valence electrons. The number of hydrogen-bond acceptors (Lipinski definition) is 2. The van der Waals surface area contributed by atoms with E-state index in [0.717, 1.165) is 11.6 Å². The Balaban J connectivity index is 2.19. The van der Waals surface area contributed by atoms with Crippen LogP contribution >= 0.6 is 11.8 Å². The monoisotopic (exact) mass is 296 g/mol. The lowest BCUT2D eigenvalue weighted by Gasteiger charge is -2.11. The van der Waals surface area contributed by atoms with E-state index in [-0.39, 0.29) is 11.8 Å². The third-order valence-corrected chi connectivity index (χ3v) is 3.77. The summed E-state index contributed by atoms with van der Waals surface area (Å²) in [6.45, 7) is 0. The zero-order chi connectivity index (χ0) is 14.6. The van der Waals surface area contributed by atoms with Gasteiger partial charge in [-0.15, -0.1) is 11.8 Å². The van der Waals surface area contributed by atoms with Crippen LogP contribution in [-0.2, 0) is 11.9 Å². The molecule has 2 aromatic rings. The lowest BCUT2D eigenvalue weighted by Crippen LogP contribution is -2.08. The van der Waals surface area contributed by atoms with E-state index in [1.54, 1.807) is 0 Å². The van der Waals surface area contributed by atoms with Crippen LogP contribution in [-0.4, -0.2) is 6.29 Å². The molecular weight excluding hydrogens is 285 g/mol. The molecule has 0 amide bonds. The number of alkyl halides is 3. The maximum absolute atomic E-state index is 12.8. The van der Waals surface area contributed by atoms with Crippen molar-refractivity contribution in [3.63, 3.8) is 0 Å². The zero-order valence-electron chi connectivity index (χ0n) is 10.4. The predicted octanol–water partition coefficient (Wildman–Crippen LogP) is 4.81. The van der Waals surface area contributed by atoms with Crippen LogP contribution in [0.4, 0.5) is 13.2 Å². The van der Waals surface area contributed by atoms with Gasteiger partial charge in [0.15, 0.2) is 6.29 Å². The van der Waals surface area contributed by atoms with Gasteiger partial charge in [-0.1, -0.05) is 30.3 Å². The summed E-state index contributed by atoms with van der Waals surface area (Å²) in [6, 6.07) is 13.2. The minimum absolute atomic E-state index is 0.231. The number of hydrogen-bond donors (Lipinski definition) is 0. The molecule has 1 nitrogen and oxygen atoms in total. The number of benzene rings is 2. The first kappa shape index (κ1) is 14.7. The molecule has 0 aromatic heterocycles. The molecule has 0 radical (unpaired) electrons. The van der Waals surface area contributed by atoms with Crippen molar-refractivity contribution >= 4 is 18.0 Å². The zero-order valence-corrected chi connectivity index (χ0v) is 11.2. The van der Waals surface area contributed by atoms with Crippen LogP contribution in [0.2, 0.25) is 0 Å². The van der Waals surface area contributed by atoms with E-state index in [0.29, 0.717) is 10.6 Å². The summed E-state index contributed by atoms with van der Waals surface area (Å²) in [4.78, 5) is 11.2. The molecule has 0 fully saturated rings. The molecule has 0 aliphatic rings. The summed E-state index contributed by atoms with van der Waals surface area (Å²) in [5, 5.41) is 0. The van der Waals surface area contributed by atoms with Crippen molar-refractivity contribution < 1.29 is 18.0 Å². The van der Waals surface area contributed by atoms with Crippen LogP contribution in [0, 0.1) is 0 Å². The summed E-state index contributed by atoms with van der Waals surface area (Å²) in [5.74, 6) is 0.582. The minimum Gasteiger partial charge on any atom is -0.298 e. The van der Waals surface area contributed by atoms with E-state index in [1.165, 1.54) is 23.9 Å². The molecule has 0 saturated carbocycles. The van der Waals surface area contributed by atoms with Crippen LogP contribution in [0.3, 0.4) is 0 Å². The Morgan fingerprint density at radius 2 is 1.75 bits per heavy atom. The van der Waals surface area contributed by atoms with Gasteiger partial charge in [0, 0.05) is 16.2 Å². The normalized spacial score (nSPS) is 11.3. The molecular formula is C15H11F3OS. The third kappa shape index (κ3) is 3.63. The van der Waals surface area contributed by atoms with Crippen molar-refractivity contribution in [3.05, 3.63) is 65.2 Å². The molecule has 0 spiro atoms. The van der Waals surface area contributed by atoms with Gasteiger partial charge in [-0.05, 0) is 23.8 Å². The molecule has 0 unspecified atom stereocenters. The predicted molar refractivity (Wildman–Crippen MR) is 72.8 cm³/mol. The van der Waals surface area contributed by atoms with Crippen molar-refractivity contribution in [3.8, 4) is 0 Å². The molecule has 0 atom stereocenters. The molecule has 2 rings (SSSR count). The summed E-state index contributed by atoms with van der Waals surface area (Å²) in [6.07, 6.45) is -4.28. The molecule has 0 N–H and O–H groups in total. The average Bonchev–Trinajstić information content (AvgIpc) is 2.45. The summed E-state index contributed by atoms with van der Waals surface area (Å²) in [7, 11) is 0. The van der Waals surface area contributed by atoms with Gasteiger partial charge >= 0.3 is 6.18 Å². The fraction of sp³-hybridized carbons (Fsp3) is 0.133. The molecule has 5 heteroatoms. The van der Waals surface area contributed by atoms with Crippen molar-refractivity contribution in [1.29, 1.82) is 0 Å². The largest absolute Gasteiger partial charge is 0.417 e. The molecule has 20 heavy (non-hydrogen) atoms. The molecule has 0 saturated heterocycles. The van der Waals surface area contributed by atoms with Gasteiger partial charge < -0.3 is 0 Å². The maximum Gasteiger partial charge on any atom is 0.417 e. The summed E-state index contributed by atoms with van der Waals surface area (Å²) < 4.78 is 38.4. The summed E-state index contributed by atoms with van der Waals surface area (Å²) in [5.41, 5.74) is -0.183. The Morgan fingerprint density at radius 3 is 2.35 bits per heavy atom. The fourth-order valence-electron chi connectivity index (χ4n) is 1.71. The van der Waals surface area contributed by atoms with Crippen molar-refractivity contribution in [2.75, 3.05) is 0 Å². The number of aldehydes is 1. The lowest BCUT2D eigenvalue weighted by atomic mass is 10.1. The minimum atomic E-state index is -4.51.